The van der Waals surface area contributed by atoms with E-state index in [9.17, 15) is 13.8 Å². The molecule has 5 nitrogen and oxygen atoms in total. The van der Waals surface area contributed by atoms with E-state index in [1.807, 2.05) is 6.92 Å². The average molecular weight is 345 g/mol. The van der Waals surface area contributed by atoms with E-state index in [-0.39, 0.29) is 0 Å². The van der Waals surface area contributed by atoms with Crippen molar-refractivity contribution in [3.05, 3.63) is 59.7 Å². The van der Waals surface area contributed by atoms with Gasteiger partial charge in [-0.25, -0.2) is 9.00 Å². The molecule has 2 aromatic carbocycles. The highest BCUT2D eigenvalue weighted by Crippen LogP contribution is 2.22. The van der Waals surface area contributed by atoms with Gasteiger partial charge in [-0.05, 0) is 42.8 Å². The van der Waals surface area contributed by atoms with Crippen LogP contribution in [0.4, 0.5) is 5.69 Å². The fourth-order valence-electron chi connectivity index (χ4n) is 2.22. The summed E-state index contributed by atoms with van der Waals surface area (Å²) in [5.41, 5.74) is 1.66. The van der Waals surface area contributed by atoms with E-state index < -0.39 is 17.0 Å². The molecule has 6 heteroatoms. The maximum atomic E-state index is 12.9. The first kappa shape index (κ1) is 17.9. The van der Waals surface area contributed by atoms with Gasteiger partial charge in [0.25, 0.3) is 0 Å². The molecule has 0 saturated carbocycles. The Morgan fingerprint density at radius 2 is 1.92 bits per heavy atom. The number of anilines is 1. The average Bonchev–Trinajstić information content (AvgIpc) is 2.65. The van der Waals surface area contributed by atoms with Gasteiger partial charge in [0.1, 0.15) is 6.29 Å². The van der Waals surface area contributed by atoms with E-state index in [1.54, 1.807) is 52.8 Å². The van der Waals surface area contributed by atoms with Crippen LogP contribution in [0.15, 0.2) is 53.4 Å². The van der Waals surface area contributed by atoms with Gasteiger partial charge < -0.3 is 4.74 Å². The van der Waals surface area contributed by atoms with Crippen molar-refractivity contribution in [3.8, 4) is 0 Å². The largest absolute Gasteiger partial charge is 0.465 e. The molecule has 2 aromatic rings. The summed E-state index contributed by atoms with van der Waals surface area (Å²) in [6.45, 7) is 2.57. The molecule has 0 heterocycles. The van der Waals surface area contributed by atoms with Crippen LogP contribution >= 0.6 is 0 Å². The molecule has 0 N–H and O–H groups in total. The number of methoxy groups -OCH3 is 1. The number of rotatable bonds is 7. The highest BCUT2D eigenvalue weighted by atomic mass is 32.2. The van der Waals surface area contributed by atoms with Crippen LogP contribution in [0.5, 0.6) is 0 Å². The van der Waals surface area contributed by atoms with Crippen molar-refractivity contribution >= 4 is 28.9 Å². The molecule has 2 rings (SSSR count). The summed E-state index contributed by atoms with van der Waals surface area (Å²) in [4.78, 5) is 23.0. The Morgan fingerprint density at radius 3 is 2.50 bits per heavy atom. The molecule has 0 amide bonds. The van der Waals surface area contributed by atoms with Crippen molar-refractivity contribution in [2.45, 2.75) is 18.2 Å². The smallest absolute Gasteiger partial charge is 0.337 e. The summed E-state index contributed by atoms with van der Waals surface area (Å²) in [7, 11) is -0.117. The summed E-state index contributed by atoms with van der Waals surface area (Å²) in [6, 6.07) is 13.5. The SMILES string of the molecule is CCCN(c1ccc(C(=O)OC)cc1)S(=O)c1cccc(C=O)c1. The van der Waals surface area contributed by atoms with E-state index in [0.717, 1.165) is 18.4 Å². The Hall–Kier alpha value is -2.47. The van der Waals surface area contributed by atoms with Crippen molar-refractivity contribution in [2.75, 3.05) is 18.0 Å². The van der Waals surface area contributed by atoms with E-state index in [1.165, 1.54) is 7.11 Å². The number of hydrogen-bond acceptors (Lipinski definition) is 4. The number of esters is 1. The maximum absolute atomic E-state index is 12.9. The lowest BCUT2D eigenvalue weighted by atomic mass is 10.2. The summed E-state index contributed by atoms with van der Waals surface area (Å²) in [6.07, 6.45) is 1.54. The van der Waals surface area contributed by atoms with Crippen molar-refractivity contribution in [2.24, 2.45) is 0 Å². The normalized spacial score (nSPS) is 11.6. The minimum absolute atomic E-state index is 0.414. The Bertz CT molecular complexity index is 743. The van der Waals surface area contributed by atoms with Crippen LogP contribution in [0.25, 0.3) is 0 Å². The third-order valence-corrected chi connectivity index (χ3v) is 4.85. The third-order valence-electron chi connectivity index (χ3n) is 3.40. The number of carbonyl (C=O) groups excluding carboxylic acids is 2. The minimum atomic E-state index is -1.44. The summed E-state index contributed by atoms with van der Waals surface area (Å²) in [5, 5.41) is 0. The molecule has 0 saturated heterocycles. The molecule has 24 heavy (non-hydrogen) atoms. The van der Waals surface area contributed by atoms with E-state index in [0.29, 0.717) is 22.6 Å². The molecule has 0 aliphatic carbocycles. The van der Waals surface area contributed by atoms with Gasteiger partial charge in [-0.1, -0.05) is 19.1 Å². The fourth-order valence-corrected chi connectivity index (χ4v) is 3.56. The molecule has 0 radical (unpaired) electrons. The zero-order valence-electron chi connectivity index (χ0n) is 13.6. The molecule has 1 atom stereocenters. The van der Waals surface area contributed by atoms with Gasteiger partial charge in [0.05, 0.1) is 17.6 Å². The lowest BCUT2D eigenvalue weighted by Gasteiger charge is -2.23. The Balaban J connectivity index is 2.32. The van der Waals surface area contributed by atoms with Crippen LogP contribution in [0, 0.1) is 0 Å². The van der Waals surface area contributed by atoms with Crippen LogP contribution in [0.2, 0.25) is 0 Å². The molecular weight excluding hydrogens is 326 g/mol. The number of carbonyl (C=O) groups is 2. The van der Waals surface area contributed by atoms with Crippen LogP contribution in [-0.4, -0.2) is 30.1 Å². The molecular formula is C18H19NO4S. The van der Waals surface area contributed by atoms with Crippen molar-refractivity contribution in [1.29, 1.82) is 0 Å². The second-order valence-electron chi connectivity index (χ2n) is 5.08. The Labute approximate surface area is 143 Å². The molecule has 0 aromatic heterocycles. The van der Waals surface area contributed by atoms with Gasteiger partial charge >= 0.3 is 5.97 Å². The van der Waals surface area contributed by atoms with Crippen molar-refractivity contribution in [3.63, 3.8) is 0 Å². The van der Waals surface area contributed by atoms with E-state index >= 15 is 0 Å². The highest BCUT2D eigenvalue weighted by Gasteiger charge is 2.16. The predicted molar refractivity (Wildman–Crippen MR) is 93.7 cm³/mol. The molecule has 126 valence electrons. The molecule has 0 aliphatic heterocycles. The van der Waals surface area contributed by atoms with Gasteiger partial charge in [-0.15, -0.1) is 0 Å². The van der Waals surface area contributed by atoms with Gasteiger partial charge in [-0.3, -0.25) is 9.10 Å². The monoisotopic (exact) mass is 345 g/mol. The zero-order valence-corrected chi connectivity index (χ0v) is 14.4. The molecule has 0 fully saturated rings. The number of ether oxygens (including phenoxy) is 1. The third kappa shape index (κ3) is 4.08. The van der Waals surface area contributed by atoms with E-state index in [4.69, 9.17) is 0 Å². The number of benzene rings is 2. The molecule has 0 aliphatic rings. The van der Waals surface area contributed by atoms with Crippen LogP contribution < -0.4 is 4.31 Å². The summed E-state index contributed by atoms with van der Waals surface area (Å²) >= 11 is 0. The fraction of sp³-hybridized carbons (Fsp3) is 0.222. The highest BCUT2D eigenvalue weighted by molar-refractivity contribution is 7.86. The van der Waals surface area contributed by atoms with Crippen molar-refractivity contribution < 1.29 is 18.5 Å². The molecule has 0 spiro atoms. The van der Waals surface area contributed by atoms with Crippen LogP contribution in [0.1, 0.15) is 34.1 Å². The van der Waals surface area contributed by atoms with E-state index in [2.05, 4.69) is 4.74 Å². The lowest BCUT2D eigenvalue weighted by molar-refractivity contribution is 0.0600. The Kier molecular flexibility index (Phi) is 6.26. The van der Waals surface area contributed by atoms with Crippen LogP contribution in [0.3, 0.4) is 0 Å². The lowest BCUT2D eigenvalue weighted by Crippen LogP contribution is -2.26. The minimum Gasteiger partial charge on any atom is -0.465 e. The standard InChI is InChI=1S/C18H19NO4S/c1-3-11-19(16-9-7-15(8-10-16)18(21)23-2)24(22)17-6-4-5-14(12-17)13-20/h4-10,12-13H,3,11H2,1-2H3. The van der Waals surface area contributed by atoms with Gasteiger partial charge in [0, 0.05) is 17.8 Å². The van der Waals surface area contributed by atoms with Gasteiger partial charge in [0.2, 0.25) is 0 Å². The van der Waals surface area contributed by atoms with Crippen LogP contribution in [-0.2, 0) is 15.7 Å². The first-order valence-corrected chi connectivity index (χ1v) is 8.64. The van der Waals surface area contributed by atoms with Crippen molar-refractivity contribution in [1.82, 2.24) is 0 Å². The second kappa shape index (κ2) is 8.40. The topological polar surface area (TPSA) is 63.7 Å². The second-order valence-corrected chi connectivity index (χ2v) is 6.49. The summed E-state index contributed by atoms with van der Waals surface area (Å²) in [5.74, 6) is -0.414. The quantitative estimate of drug-likeness (QED) is 0.571. The Morgan fingerprint density at radius 1 is 1.21 bits per heavy atom. The maximum Gasteiger partial charge on any atom is 0.337 e. The van der Waals surface area contributed by atoms with Gasteiger partial charge in [-0.2, -0.15) is 0 Å². The molecule has 0 bridgehead atoms. The zero-order chi connectivity index (χ0) is 17.5. The number of nitrogens with zero attached hydrogens (tertiary/aromatic N) is 1. The number of hydrogen-bond donors (Lipinski definition) is 0. The van der Waals surface area contributed by atoms with Gasteiger partial charge in [0.15, 0.2) is 11.0 Å². The summed E-state index contributed by atoms with van der Waals surface area (Å²) < 4.78 is 19.3. The first-order valence-electron chi connectivity index (χ1n) is 7.53. The molecule has 1 unspecified atom stereocenters. The predicted octanol–water partition coefficient (Wildman–Crippen LogP) is 3.22. The first-order chi connectivity index (χ1) is 11.6. The number of aldehydes is 1.